The Morgan fingerprint density at radius 1 is 0.943 bits per heavy atom. The van der Waals surface area contributed by atoms with Gasteiger partial charge in [-0.2, -0.15) is 5.10 Å². The quantitative estimate of drug-likeness (QED) is 0.360. The number of carbonyl (C=O) groups excluding carboxylic acids is 1. The molecule has 5 rings (SSSR count). The van der Waals surface area contributed by atoms with Crippen LogP contribution in [-0.4, -0.2) is 58.0 Å². The van der Waals surface area contributed by atoms with E-state index in [9.17, 15) is 14.7 Å². The van der Waals surface area contributed by atoms with Gasteiger partial charge in [-0.05, 0) is 54.6 Å². The van der Waals surface area contributed by atoms with Gasteiger partial charge in [0.15, 0.2) is 0 Å². The summed E-state index contributed by atoms with van der Waals surface area (Å²) in [6.07, 6.45) is 0. The smallest absolute Gasteiger partial charge is 0.335 e. The van der Waals surface area contributed by atoms with Gasteiger partial charge in [0.2, 0.25) is 0 Å². The second-order valence-electron chi connectivity index (χ2n) is 7.86. The normalized spacial score (nSPS) is 13.8. The summed E-state index contributed by atoms with van der Waals surface area (Å²) in [6.45, 7) is 2.13. The molecule has 1 amide bonds. The lowest BCUT2D eigenvalue weighted by molar-refractivity contribution is 0.0303. The molecule has 1 aromatic heterocycles. The van der Waals surface area contributed by atoms with E-state index in [0.717, 1.165) is 10.9 Å². The molecule has 0 aliphatic carbocycles. The van der Waals surface area contributed by atoms with Crippen molar-refractivity contribution < 1.29 is 19.4 Å². The number of morpholine rings is 1. The zero-order valence-electron chi connectivity index (χ0n) is 18.3. The van der Waals surface area contributed by atoms with Crippen LogP contribution in [0.1, 0.15) is 20.7 Å². The third-order valence-electron chi connectivity index (χ3n) is 5.67. The highest BCUT2D eigenvalue weighted by molar-refractivity contribution is 7.99. The van der Waals surface area contributed by atoms with E-state index in [1.54, 1.807) is 46.0 Å². The number of nitrogens with zero attached hydrogens (tertiary/aromatic N) is 3. The first kappa shape index (κ1) is 23.7. The molecule has 0 saturated carbocycles. The summed E-state index contributed by atoms with van der Waals surface area (Å²) in [5, 5.41) is 16.4. The van der Waals surface area contributed by atoms with Crippen LogP contribution < -0.4 is 0 Å². The van der Waals surface area contributed by atoms with Gasteiger partial charge < -0.3 is 14.7 Å². The largest absolute Gasteiger partial charge is 0.478 e. The molecule has 7 nitrogen and oxygen atoms in total. The van der Waals surface area contributed by atoms with E-state index in [1.807, 2.05) is 12.1 Å². The molecular formula is C25H19Cl2N3O4S. The monoisotopic (exact) mass is 527 g/mol. The number of carboxylic acid groups (broad SMARTS) is 1. The van der Waals surface area contributed by atoms with Crippen molar-refractivity contribution in [1.82, 2.24) is 14.7 Å². The lowest BCUT2D eigenvalue weighted by Crippen LogP contribution is -2.40. The van der Waals surface area contributed by atoms with Gasteiger partial charge in [-0.25, -0.2) is 9.48 Å². The fraction of sp³-hybridized carbons (Fsp3) is 0.160. The number of aromatic carboxylic acids is 1. The van der Waals surface area contributed by atoms with Crippen molar-refractivity contribution in [1.29, 1.82) is 0 Å². The number of fused-ring (bicyclic) bond motifs is 1. The standard InChI is InChI=1S/C25H19Cl2N3O4S/c26-19-2-1-3-20(27)22(19)35-23-18-14-16(24(31)29-10-12-34-13-11-29)6-9-21(18)30(28-23)17-7-4-15(5-8-17)25(32)33/h1-9,14H,10-13H2,(H,32,33). The van der Waals surface area contributed by atoms with Gasteiger partial charge in [0.1, 0.15) is 5.03 Å². The number of rotatable bonds is 5. The maximum atomic E-state index is 13.1. The average Bonchev–Trinajstić information content (AvgIpc) is 3.24. The highest BCUT2D eigenvalue weighted by Gasteiger charge is 2.22. The second kappa shape index (κ2) is 9.91. The molecule has 0 spiro atoms. The molecule has 1 aliphatic rings. The molecule has 0 bridgehead atoms. The minimum Gasteiger partial charge on any atom is -0.478 e. The fourth-order valence-corrected chi connectivity index (χ4v) is 5.42. The molecule has 1 N–H and O–H groups in total. The van der Waals surface area contributed by atoms with Crippen LogP contribution in [0.25, 0.3) is 16.6 Å². The number of amides is 1. The maximum absolute atomic E-state index is 13.1. The number of ether oxygens (including phenoxy) is 1. The minimum absolute atomic E-state index is 0.0690. The Balaban J connectivity index is 1.62. The molecule has 0 atom stereocenters. The van der Waals surface area contributed by atoms with Crippen molar-refractivity contribution in [2.24, 2.45) is 0 Å². The second-order valence-corrected chi connectivity index (χ2v) is 9.67. The van der Waals surface area contributed by atoms with Crippen LogP contribution in [0.3, 0.4) is 0 Å². The molecule has 35 heavy (non-hydrogen) atoms. The van der Waals surface area contributed by atoms with Gasteiger partial charge >= 0.3 is 5.97 Å². The number of benzene rings is 3. The molecule has 1 fully saturated rings. The number of hydrogen-bond acceptors (Lipinski definition) is 5. The van der Waals surface area contributed by atoms with E-state index in [-0.39, 0.29) is 11.5 Å². The SMILES string of the molecule is O=C(O)c1ccc(-n2nc(Sc3c(Cl)cccc3Cl)c3cc(C(=O)N4CCOCC4)ccc32)cc1. The zero-order valence-corrected chi connectivity index (χ0v) is 20.6. The predicted molar refractivity (Wildman–Crippen MR) is 135 cm³/mol. The van der Waals surface area contributed by atoms with Gasteiger partial charge in [-0.1, -0.05) is 41.0 Å². The van der Waals surface area contributed by atoms with Crippen LogP contribution in [0.15, 0.2) is 70.6 Å². The Hall–Kier alpha value is -3.04. The van der Waals surface area contributed by atoms with E-state index < -0.39 is 5.97 Å². The highest BCUT2D eigenvalue weighted by atomic mass is 35.5. The van der Waals surface area contributed by atoms with E-state index >= 15 is 0 Å². The number of carbonyl (C=O) groups is 2. The Labute approximate surface area is 215 Å². The molecule has 178 valence electrons. The number of aromatic nitrogens is 2. The van der Waals surface area contributed by atoms with Gasteiger partial charge in [0, 0.05) is 24.0 Å². The topological polar surface area (TPSA) is 84.7 Å². The summed E-state index contributed by atoms with van der Waals surface area (Å²) >= 11 is 14.1. The Morgan fingerprint density at radius 2 is 1.60 bits per heavy atom. The van der Waals surface area contributed by atoms with Crippen LogP contribution in [0.5, 0.6) is 0 Å². The highest BCUT2D eigenvalue weighted by Crippen LogP contribution is 2.41. The van der Waals surface area contributed by atoms with E-state index in [2.05, 4.69) is 0 Å². The summed E-state index contributed by atoms with van der Waals surface area (Å²) in [5.41, 5.74) is 2.18. The molecule has 0 unspecified atom stereocenters. The first-order chi connectivity index (χ1) is 16.9. The van der Waals surface area contributed by atoms with Crippen molar-refractivity contribution in [3.8, 4) is 5.69 Å². The maximum Gasteiger partial charge on any atom is 0.335 e. The number of halogens is 2. The first-order valence-corrected chi connectivity index (χ1v) is 12.3. The fourth-order valence-electron chi connectivity index (χ4n) is 3.87. The third-order valence-corrected chi connectivity index (χ3v) is 7.66. The zero-order chi connectivity index (χ0) is 24.5. The molecule has 1 aliphatic heterocycles. The lowest BCUT2D eigenvalue weighted by atomic mass is 10.1. The van der Waals surface area contributed by atoms with Gasteiger partial charge in [0.05, 0.1) is 44.9 Å². The molecule has 1 saturated heterocycles. The van der Waals surface area contributed by atoms with E-state index in [1.165, 1.54) is 23.9 Å². The van der Waals surface area contributed by atoms with Crippen molar-refractivity contribution in [2.45, 2.75) is 9.92 Å². The average molecular weight is 528 g/mol. The molecule has 2 heterocycles. The third kappa shape index (κ3) is 4.75. The molecule has 3 aromatic carbocycles. The van der Waals surface area contributed by atoms with Crippen molar-refractivity contribution in [2.75, 3.05) is 26.3 Å². The van der Waals surface area contributed by atoms with Crippen LogP contribution in [-0.2, 0) is 4.74 Å². The van der Waals surface area contributed by atoms with Gasteiger partial charge in [-0.3, -0.25) is 4.79 Å². The number of carboxylic acids is 1. The molecule has 10 heteroatoms. The first-order valence-electron chi connectivity index (χ1n) is 10.8. The summed E-state index contributed by atoms with van der Waals surface area (Å²) in [6, 6.07) is 17.2. The van der Waals surface area contributed by atoms with Gasteiger partial charge in [0.25, 0.3) is 5.91 Å². The van der Waals surface area contributed by atoms with Gasteiger partial charge in [-0.15, -0.1) is 0 Å². The van der Waals surface area contributed by atoms with Crippen molar-refractivity contribution in [3.63, 3.8) is 0 Å². The summed E-state index contributed by atoms with van der Waals surface area (Å²) < 4.78 is 7.09. The van der Waals surface area contributed by atoms with Crippen molar-refractivity contribution in [3.05, 3.63) is 81.8 Å². The van der Waals surface area contributed by atoms with Crippen LogP contribution in [0, 0.1) is 0 Å². The van der Waals surface area contributed by atoms with Crippen LogP contribution in [0.2, 0.25) is 10.0 Å². The summed E-state index contributed by atoms with van der Waals surface area (Å²) in [5.74, 6) is -1.07. The number of hydrogen-bond donors (Lipinski definition) is 1. The Morgan fingerprint density at radius 3 is 2.26 bits per heavy atom. The van der Waals surface area contributed by atoms with Crippen LogP contribution in [0.4, 0.5) is 0 Å². The predicted octanol–water partition coefficient (Wildman–Crippen LogP) is 5.65. The van der Waals surface area contributed by atoms with Crippen LogP contribution >= 0.6 is 35.0 Å². The van der Waals surface area contributed by atoms with E-state index in [4.69, 9.17) is 33.0 Å². The Kier molecular flexibility index (Phi) is 6.71. The summed E-state index contributed by atoms with van der Waals surface area (Å²) in [7, 11) is 0. The minimum atomic E-state index is -1.00. The summed E-state index contributed by atoms with van der Waals surface area (Å²) in [4.78, 5) is 26.8. The van der Waals surface area contributed by atoms with Crippen molar-refractivity contribution >= 4 is 57.7 Å². The lowest BCUT2D eigenvalue weighted by Gasteiger charge is -2.26. The Bertz CT molecular complexity index is 1410. The molecule has 4 aromatic rings. The molecule has 0 radical (unpaired) electrons. The van der Waals surface area contributed by atoms with E-state index in [0.29, 0.717) is 57.5 Å². The molecular weight excluding hydrogens is 509 g/mol.